The van der Waals surface area contributed by atoms with Gasteiger partial charge in [0.1, 0.15) is 11.4 Å². The van der Waals surface area contributed by atoms with Crippen LogP contribution < -0.4 is 10.1 Å². The van der Waals surface area contributed by atoms with E-state index in [9.17, 15) is 4.79 Å². The highest BCUT2D eigenvalue weighted by Gasteiger charge is 2.14. The lowest BCUT2D eigenvalue weighted by Crippen LogP contribution is -2.28. The van der Waals surface area contributed by atoms with E-state index in [1.165, 1.54) is 0 Å². The largest absolute Gasteiger partial charge is 0.495 e. The molecule has 0 atom stereocenters. The van der Waals surface area contributed by atoms with Crippen molar-refractivity contribution < 1.29 is 9.53 Å². The Labute approximate surface area is 146 Å². The number of amides is 1. The second-order valence-electron chi connectivity index (χ2n) is 5.32. The predicted molar refractivity (Wildman–Crippen MR) is 95.2 cm³/mol. The summed E-state index contributed by atoms with van der Waals surface area (Å²) in [6, 6.07) is 6.80. The van der Waals surface area contributed by atoms with Gasteiger partial charge in [-0.2, -0.15) is 0 Å². The van der Waals surface area contributed by atoms with Crippen molar-refractivity contribution in [3.8, 4) is 5.75 Å². The molecule has 0 fully saturated rings. The van der Waals surface area contributed by atoms with Gasteiger partial charge in [-0.25, -0.2) is 9.97 Å². The third-order valence-electron chi connectivity index (χ3n) is 3.48. The number of rotatable bonds is 7. The zero-order valence-corrected chi connectivity index (χ0v) is 14.8. The number of nitrogens with one attached hydrogen (secondary N) is 1. The number of aromatic nitrogens is 2. The SMILES string of the molecule is CCCCN(C)C(=O)c1ccnc(Nc2cc(Cl)ccc2OC)n1. The van der Waals surface area contributed by atoms with Gasteiger partial charge in [-0.1, -0.05) is 24.9 Å². The Kier molecular flexibility index (Phi) is 6.37. The van der Waals surface area contributed by atoms with E-state index in [4.69, 9.17) is 16.3 Å². The molecular formula is C17H21ClN4O2. The minimum atomic E-state index is -0.132. The lowest BCUT2D eigenvalue weighted by atomic mass is 10.3. The molecule has 0 aliphatic heterocycles. The van der Waals surface area contributed by atoms with Crippen LogP contribution in [0.25, 0.3) is 0 Å². The first-order valence-corrected chi connectivity index (χ1v) is 8.12. The Balaban J connectivity index is 2.19. The smallest absolute Gasteiger partial charge is 0.272 e. The summed E-state index contributed by atoms with van der Waals surface area (Å²) < 4.78 is 5.28. The number of halogens is 1. The van der Waals surface area contributed by atoms with Crippen molar-refractivity contribution in [1.29, 1.82) is 0 Å². The Morgan fingerprint density at radius 2 is 2.17 bits per heavy atom. The Bertz CT molecular complexity index is 709. The maximum absolute atomic E-state index is 12.4. The summed E-state index contributed by atoms with van der Waals surface area (Å²) in [4.78, 5) is 22.5. The third-order valence-corrected chi connectivity index (χ3v) is 3.71. The summed E-state index contributed by atoms with van der Waals surface area (Å²) in [5.74, 6) is 0.789. The molecule has 1 aromatic carbocycles. The van der Waals surface area contributed by atoms with E-state index in [2.05, 4.69) is 22.2 Å². The summed E-state index contributed by atoms with van der Waals surface area (Å²) in [6.45, 7) is 2.79. The second kappa shape index (κ2) is 8.49. The lowest BCUT2D eigenvalue weighted by Gasteiger charge is -2.16. The molecule has 0 aliphatic rings. The number of hydrogen-bond acceptors (Lipinski definition) is 5. The van der Waals surface area contributed by atoms with Crippen molar-refractivity contribution in [2.75, 3.05) is 26.0 Å². The van der Waals surface area contributed by atoms with E-state index in [1.54, 1.807) is 49.5 Å². The monoisotopic (exact) mass is 348 g/mol. The summed E-state index contributed by atoms with van der Waals surface area (Å²) in [7, 11) is 3.34. The number of nitrogens with zero attached hydrogens (tertiary/aromatic N) is 3. The molecule has 0 unspecified atom stereocenters. The number of hydrogen-bond donors (Lipinski definition) is 1. The van der Waals surface area contributed by atoms with Crippen LogP contribution >= 0.6 is 11.6 Å². The number of methoxy groups -OCH3 is 1. The van der Waals surface area contributed by atoms with Crippen molar-refractivity contribution in [2.24, 2.45) is 0 Å². The molecule has 1 amide bonds. The van der Waals surface area contributed by atoms with Gasteiger partial charge in [0.2, 0.25) is 5.95 Å². The third kappa shape index (κ3) is 4.58. The first-order valence-electron chi connectivity index (χ1n) is 7.74. The first kappa shape index (κ1) is 18.0. The van der Waals surface area contributed by atoms with E-state index in [-0.39, 0.29) is 5.91 Å². The molecule has 0 aliphatic carbocycles. The molecular weight excluding hydrogens is 328 g/mol. The minimum absolute atomic E-state index is 0.132. The van der Waals surface area contributed by atoms with Crippen LogP contribution in [0.2, 0.25) is 5.02 Å². The van der Waals surface area contributed by atoms with Crippen LogP contribution in [0.5, 0.6) is 5.75 Å². The molecule has 1 aromatic heterocycles. The molecule has 2 rings (SSSR count). The van der Waals surface area contributed by atoms with Gasteiger partial charge in [0.05, 0.1) is 12.8 Å². The Hall–Kier alpha value is -2.34. The van der Waals surface area contributed by atoms with Crippen LogP contribution in [0.15, 0.2) is 30.5 Å². The maximum Gasteiger partial charge on any atom is 0.272 e. The fourth-order valence-electron chi connectivity index (χ4n) is 2.13. The normalized spacial score (nSPS) is 10.3. The van der Waals surface area contributed by atoms with Gasteiger partial charge in [0.15, 0.2) is 0 Å². The number of unbranched alkanes of at least 4 members (excludes halogenated alkanes) is 1. The van der Waals surface area contributed by atoms with E-state index in [0.29, 0.717) is 34.6 Å². The number of carbonyl (C=O) groups is 1. The molecule has 7 heteroatoms. The quantitative estimate of drug-likeness (QED) is 0.825. The molecule has 1 N–H and O–H groups in total. The van der Waals surface area contributed by atoms with Gasteiger partial charge < -0.3 is 15.0 Å². The molecule has 0 bridgehead atoms. The van der Waals surface area contributed by atoms with Crippen LogP contribution in [-0.4, -0.2) is 41.5 Å². The fourth-order valence-corrected chi connectivity index (χ4v) is 2.30. The van der Waals surface area contributed by atoms with Crippen LogP contribution in [-0.2, 0) is 0 Å². The van der Waals surface area contributed by atoms with Gasteiger partial charge >= 0.3 is 0 Å². The lowest BCUT2D eigenvalue weighted by molar-refractivity contribution is 0.0787. The number of ether oxygens (including phenoxy) is 1. The van der Waals surface area contributed by atoms with Gasteiger partial charge in [-0.15, -0.1) is 0 Å². The average molecular weight is 349 g/mol. The Morgan fingerprint density at radius 1 is 1.38 bits per heavy atom. The molecule has 1 heterocycles. The molecule has 0 radical (unpaired) electrons. The summed E-state index contributed by atoms with van der Waals surface area (Å²) in [5, 5.41) is 3.60. The van der Waals surface area contributed by atoms with Crippen molar-refractivity contribution in [2.45, 2.75) is 19.8 Å². The number of benzene rings is 1. The van der Waals surface area contributed by atoms with Gasteiger partial charge in [0, 0.05) is 24.8 Å². The molecule has 6 nitrogen and oxygen atoms in total. The average Bonchev–Trinajstić information content (AvgIpc) is 2.59. The Morgan fingerprint density at radius 3 is 2.88 bits per heavy atom. The van der Waals surface area contributed by atoms with Crippen molar-refractivity contribution in [3.05, 3.63) is 41.2 Å². The highest BCUT2D eigenvalue weighted by atomic mass is 35.5. The van der Waals surface area contributed by atoms with Gasteiger partial charge in [0.25, 0.3) is 5.91 Å². The van der Waals surface area contributed by atoms with Crippen molar-refractivity contribution in [3.63, 3.8) is 0 Å². The zero-order valence-electron chi connectivity index (χ0n) is 14.0. The topological polar surface area (TPSA) is 67.4 Å². The van der Waals surface area contributed by atoms with Gasteiger partial charge in [-0.05, 0) is 30.7 Å². The van der Waals surface area contributed by atoms with Crippen LogP contribution in [0, 0.1) is 0 Å². The highest BCUT2D eigenvalue weighted by Crippen LogP contribution is 2.29. The summed E-state index contributed by atoms with van der Waals surface area (Å²) in [6.07, 6.45) is 3.54. The molecule has 0 saturated heterocycles. The van der Waals surface area contributed by atoms with E-state index in [0.717, 1.165) is 12.8 Å². The van der Waals surface area contributed by atoms with Crippen LogP contribution in [0.3, 0.4) is 0 Å². The summed E-state index contributed by atoms with van der Waals surface area (Å²) >= 11 is 6.01. The number of carbonyl (C=O) groups excluding carboxylic acids is 1. The first-order chi connectivity index (χ1) is 11.5. The fraction of sp³-hybridized carbons (Fsp3) is 0.353. The summed E-state index contributed by atoms with van der Waals surface area (Å²) in [5.41, 5.74) is 0.973. The second-order valence-corrected chi connectivity index (χ2v) is 5.75. The predicted octanol–water partition coefficient (Wildman–Crippen LogP) is 3.75. The molecule has 128 valence electrons. The highest BCUT2D eigenvalue weighted by molar-refractivity contribution is 6.31. The van der Waals surface area contributed by atoms with E-state index < -0.39 is 0 Å². The van der Waals surface area contributed by atoms with Crippen LogP contribution in [0.4, 0.5) is 11.6 Å². The minimum Gasteiger partial charge on any atom is -0.495 e. The number of anilines is 2. The molecule has 2 aromatic rings. The standard InChI is InChI=1S/C17H21ClN4O2/c1-4-5-10-22(2)16(23)13-8-9-19-17(20-13)21-14-11-12(18)6-7-15(14)24-3/h6-9,11H,4-5,10H2,1-3H3,(H,19,20,21). The maximum atomic E-state index is 12.4. The molecule has 24 heavy (non-hydrogen) atoms. The van der Waals surface area contributed by atoms with E-state index >= 15 is 0 Å². The van der Waals surface area contributed by atoms with Crippen molar-refractivity contribution in [1.82, 2.24) is 14.9 Å². The van der Waals surface area contributed by atoms with E-state index in [1.807, 2.05) is 0 Å². The zero-order chi connectivity index (χ0) is 17.5. The molecule has 0 saturated carbocycles. The van der Waals surface area contributed by atoms with Gasteiger partial charge in [-0.3, -0.25) is 4.79 Å². The van der Waals surface area contributed by atoms with Crippen molar-refractivity contribution >= 4 is 29.1 Å². The van der Waals surface area contributed by atoms with Crippen LogP contribution in [0.1, 0.15) is 30.3 Å². The molecule has 0 spiro atoms.